The first-order valence-electron chi connectivity index (χ1n) is 8.09. The summed E-state index contributed by atoms with van der Waals surface area (Å²) in [6, 6.07) is 0. The van der Waals surface area contributed by atoms with Crippen LogP contribution >= 0.6 is 11.8 Å². The predicted molar refractivity (Wildman–Crippen MR) is 81.1 cm³/mol. The molecule has 0 amide bonds. The highest BCUT2D eigenvalue weighted by Gasteiger charge is 2.52. The van der Waals surface area contributed by atoms with Crippen LogP contribution in [0, 0.1) is 11.8 Å². The van der Waals surface area contributed by atoms with Crippen molar-refractivity contribution in [2.75, 3.05) is 13.7 Å². The van der Waals surface area contributed by atoms with E-state index in [0.717, 1.165) is 12.8 Å². The highest BCUT2D eigenvalue weighted by Crippen LogP contribution is 2.50. The van der Waals surface area contributed by atoms with E-state index in [2.05, 4.69) is 11.8 Å². The highest BCUT2D eigenvalue weighted by atomic mass is 32.2. The average Bonchev–Trinajstić information content (AvgIpc) is 2.47. The summed E-state index contributed by atoms with van der Waals surface area (Å²) >= 11 is 2.07. The van der Waals surface area contributed by atoms with Gasteiger partial charge in [-0.05, 0) is 45.4 Å². The zero-order valence-electron chi connectivity index (χ0n) is 12.5. The molecule has 0 bridgehead atoms. The zero-order chi connectivity index (χ0) is 14.1. The van der Waals surface area contributed by atoms with Crippen LogP contribution < -0.4 is 0 Å². The molecule has 3 nitrogen and oxygen atoms in total. The molecular formula is C16H26O3S. The Hall–Kier alpha value is -0.0600. The van der Waals surface area contributed by atoms with Gasteiger partial charge in [-0.15, -0.1) is 0 Å². The fourth-order valence-electron chi connectivity index (χ4n) is 4.39. The second kappa shape index (κ2) is 6.37. The Morgan fingerprint density at radius 2 is 1.65 bits per heavy atom. The van der Waals surface area contributed by atoms with E-state index in [4.69, 9.17) is 9.47 Å². The van der Waals surface area contributed by atoms with Gasteiger partial charge in [0.2, 0.25) is 0 Å². The molecule has 0 radical (unpaired) electrons. The number of ether oxygens (including phenoxy) is 2. The van der Waals surface area contributed by atoms with Gasteiger partial charge in [-0.25, -0.2) is 0 Å². The first-order valence-corrected chi connectivity index (χ1v) is 9.04. The van der Waals surface area contributed by atoms with Crippen LogP contribution in [0.4, 0.5) is 0 Å². The summed E-state index contributed by atoms with van der Waals surface area (Å²) < 4.78 is 11.5. The van der Waals surface area contributed by atoms with Crippen LogP contribution in [0.15, 0.2) is 0 Å². The number of fused-ring (bicyclic) bond motifs is 2. The van der Waals surface area contributed by atoms with E-state index in [1.165, 1.54) is 25.7 Å². The number of carbonyl (C=O) groups is 1. The van der Waals surface area contributed by atoms with Gasteiger partial charge in [0.15, 0.2) is 0 Å². The maximum absolute atomic E-state index is 13.1. The van der Waals surface area contributed by atoms with Crippen LogP contribution in [0.2, 0.25) is 0 Å². The maximum Gasteiger partial charge on any atom is 0.146 e. The van der Waals surface area contributed by atoms with Gasteiger partial charge in [-0.2, -0.15) is 11.8 Å². The first kappa shape index (κ1) is 14.9. The van der Waals surface area contributed by atoms with Crippen molar-refractivity contribution in [1.29, 1.82) is 0 Å². The summed E-state index contributed by atoms with van der Waals surface area (Å²) in [5.41, 5.74) is 0. The molecule has 6 atom stereocenters. The first-order chi connectivity index (χ1) is 9.76. The number of ketones is 1. The molecule has 0 aromatic carbocycles. The molecule has 3 fully saturated rings. The van der Waals surface area contributed by atoms with E-state index in [9.17, 15) is 4.79 Å². The molecule has 0 spiro atoms. The quantitative estimate of drug-likeness (QED) is 0.802. The van der Waals surface area contributed by atoms with Crippen molar-refractivity contribution >= 4 is 17.5 Å². The van der Waals surface area contributed by atoms with Gasteiger partial charge in [-0.1, -0.05) is 0 Å². The van der Waals surface area contributed by atoms with Crippen molar-refractivity contribution < 1.29 is 14.3 Å². The van der Waals surface area contributed by atoms with Crippen molar-refractivity contribution in [1.82, 2.24) is 0 Å². The Labute approximate surface area is 126 Å². The SMILES string of the molecule is CCOC1CCCC2SC3CCCC(OC)C3C(=O)C12. The minimum absolute atomic E-state index is 0.112. The molecule has 3 rings (SSSR count). The Morgan fingerprint density at radius 1 is 1.05 bits per heavy atom. The van der Waals surface area contributed by atoms with Crippen molar-refractivity contribution in [2.45, 2.75) is 68.2 Å². The third-order valence-electron chi connectivity index (χ3n) is 5.25. The third-order valence-corrected chi connectivity index (χ3v) is 7.00. The van der Waals surface area contributed by atoms with Gasteiger partial charge in [0.25, 0.3) is 0 Å². The fourth-order valence-corrected chi connectivity index (χ4v) is 6.40. The van der Waals surface area contributed by atoms with E-state index in [-0.39, 0.29) is 24.0 Å². The summed E-state index contributed by atoms with van der Waals surface area (Å²) in [6.45, 7) is 2.75. The Balaban J connectivity index is 1.82. The summed E-state index contributed by atoms with van der Waals surface area (Å²) in [7, 11) is 1.76. The van der Waals surface area contributed by atoms with Gasteiger partial charge in [0, 0.05) is 24.2 Å². The van der Waals surface area contributed by atoms with E-state index >= 15 is 0 Å². The van der Waals surface area contributed by atoms with Gasteiger partial charge < -0.3 is 9.47 Å². The number of methoxy groups -OCH3 is 1. The molecule has 114 valence electrons. The Bertz CT molecular complexity index is 358. The number of Topliss-reactive ketones (excluding diaryl/α,β-unsaturated/α-hetero) is 1. The molecule has 0 N–H and O–H groups in total. The van der Waals surface area contributed by atoms with Crippen LogP contribution in [0.3, 0.4) is 0 Å². The molecule has 0 aromatic heterocycles. The van der Waals surface area contributed by atoms with Crippen molar-refractivity contribution in [3.8, 4) is 0 Å². The summed E-state index contributed by atoms with van der Waals surface area (Å²) in [4.78, 5) is 13.1. The highest BCUT2D eigenvalue weighted by molar-refractivity contribution is 8.00. The molecule has 0 aromatic rings. The maximum atomic E-state index is 13.1. The topological polar surface area (TPSA) is 35.5 Å². The zero-order valence-corrected chi connectivity index (χ0v) is 13.4. The largest absolute Gasteiger partial charge is 0.381 e. The fraction of sp³-hybridized carbons (Fsp3) is 0.938. The van der Waals surface area contributed by atoms with Crippen molar-refractivity contribution in [2.24, 2.45) is 11.8 Å². The summed E-state index contributed by atoms with van der Waals surface area (Å²) in [5.74, 6) is 0.676. The minimum Gasteiger partial charge on any atom is -0.381 e. The van der Waals surface area contributed by atoms with Crippen LogP contribution in [-0.4, -0.2) is 42.2 Å². The van der Waals surface area contributed by atoms with Crippen LogP contribution in [0.25, 0.3) is 0 Å². The van der Waals surface area contributed by atoms with E-state index in [1.54, 1.807) is 7.11 Å². The standard InChI is InChI=1S/C16H26O3S/c1-3-19-11-7-5-9-13-15(11)16(17)14-10(18-2)6-4-8-12(14)20-13/h10-15H,3-9H2,1-2H3. The number of rotatable bonds is 3. The Morgan fingerprint density at radius 3 is 2.25 bits per heavy atom. The van der Waals surface area contributed by atoms with Crippen LogP contribution in [-0.2, 0) is 14.3 Å². The minimum atomic E-state index is 0.112. The number of hydrogen-bond acceptors (Lipinski definition) is 4. The smallest absolute Gasteiger partial charge is 0.146 e. The molecule has 2 aliphatic carbocycles. The number of thioether (sulfide) groups is 1. The van der Waals surface area contributed by atoms with Gasteiger partial charge in [-0.3, -0.25) is 4.79 Å². The lowest BCUT2D eigenvalue weighted by molar-refractivity contribution is -0.140. The lowest BCUT2D eigenvalue weighted by atomic mass is 9.72. The van der Waals surface area contributed by atoms with Crippen LogP contribution in [0.5, 0.6) is 0 Å². The van der Waals surface area contributed by atoms with Gasteiger partial charge >= 0.3 is 0 Å². The molecule has 1 saturated heterocycles. The molecule has 2 saturated carbocycles. The molecule has 1 aliphatic heterocycles. The molecule has 3 aliphatic rings. The normalized spacial score (nSPS) is 44.8. The lowest BCUT2D eigenvalue weighted by Crippen LogP contribution is -2.55. The van der Waals surface area contributed by atoms with Crippen LogP contribution in [0.1, 0.15) is 45.4 Å². The monoisotopic (exact) mass is 298 g/mol. The van der Waals surface area contributed by atoms with E-state index < -0.39 is 0 Å². The van der Waals surface area contributed by atoms with E-state index in [0.29, 0.717) is 22.9 Å². The third kappa shape index (κ3) is 2.55. The molecule has 20 heavy (non-hydrogen) atoms. The molecule has 6 unspecified atom stereocenters. The van der Waals surface area contributed by atoms with Gasteiger partial charge in [0.05, 0.1) is 24.0 Å². The molecule has 1 heterocycles. The number of hydrogen-bond donors (Lipinski definition) is 0. The second-order valence-electron chi connectivity index (χ2n) is 6.30. The summed E-state index contributed by atoms with van der Waals surface area (Å²) in [6.07, 6.45) is 7.16. The van der Waals surface area contributed by atoms with Gasteiger partial charge in [0.1, 0.15) is 5.78 Å². The average molecular weight is 298 g/mol. The number of carbonyl (C=O) groups excluding carboxylic acids is 1. The summed E-state index contributed by atoms with van der Waals surface area (Å²) in [5, 5.41) is 0.979. The molecule has 4 heteroatoms. The van der Waals surface area contributed by atoms with Crippen molar-refractivity contribution in [3.05, 3.63) is 0 Å². The predicted octanol–water partition coefficient (Wildman–Crippen LogP) is 3.06. The lowest BCUT2D eigenvalue weighted by Gasteiger charge is -2.48. The van der Waals surface area contributed by atoms with E-state index in [1.807, 2.05) is 6.92 Å². The second-order valence-corrected chi connectivity index (χ2v) is 7.78. The van der Waals surface area contributed by atoms with Crippen molar-refractivity contribution in [3.63, 3.8) is 0 Å². The Kier molecular flexibility index (Phi) is 4.73. The molecular weight excluding hydrogens is 272 g/mol.